The van der Waals surface area contributed by atoms with Gasteiger partial charge in [0.15, 0.2) is 0 Å². The van der Waals surface area contributed by atoms with Crippen molar-refractivity contribution in [3.05, 3.63) is 33.8 Å². The molecule has 1 aromatic carbocycles. The maximum absolute atomic E-state index is 11.6. The first-order valence-corrected chi connectivity index (χ1v) is 8.33. The van der Waals surface area contributed by atoms with Crippen LogP contribution in [0.3, 0.4) is 0 Å². The number of carbonyl (C=O) groups is 1. The first kappa shape index (κ1) is 16.5. The van der Waals surface area contributed by atoms with Crippen LogP contribution < -0.4 is 5.32 Å². The van der Waals surface area contributed by atoms with Gasteiger partial charge >= 0.3 is 0 Å². The van der Waals surface area contributed by atoms with Crippen molar-refractivity contribution < 1.29 is 9.00 Å². The van der Waals surface area contributed by atoms with Gasteiger partial charge in [-0.25, -0.2) is 0 Å². The molecule has 6 heteroatoms. The molecular formula is C13H17Cl2NO2S. The van der Waals surface area contributed by atoms with Gasteiger partial charge in [0.2, 0.25) is 5.91 Å². The van der Waals surface area contributed by atoms with E-state index >= 15 is 0 Å². The molecule has 0 heterocycles. The molecule has 1 amide bonds. The van der Waals surface area contributed by atoms with Crippen molar-refractivity contribution in [1.82, 2.24) is 5.32 Å². The highest BCUT2D eigenvalue weighted by molar-refractivity contribution is 7.84. The van der Waals surface area contributed by atoms with Crippen LogP contribution in [0.4, 0.5) is 0 Å². The number of amides is 1. The van der Waals surface area contributed by atoms with Gasteiger partial charge in [-0.3, -0.25) is 9.00 Å². The molecule has 0 bridgehead atoms. The molecular weight excluding hydrogens is 305 g/mol. The molecule has 1 atom stereocenters. The van der Waals surface area contributed by atoms with Crippen LogP contribution in [0.2, 0.25) is 10.0 Å². The predicted octanol–water partition coefficient (Wildman–Crippen LogP) is 2.81. The Balaban J connectivity index is 2.34. The average Bonchev–Trinajstić information content (AvgIpc) is 2.40. The summed E-state index contributed by atoms with van der Waals surface area (Å²) in [5.74, 6) is 1.05. The van der Waals surface area contributed by atoms with Crippen LogP contribution >= 0.6 is 23.2 Å². The lowest BCUT2D eigenvalue weighted by Crippen LogP contribution is -2.28. The molecule has 1 N–H and O–H groups in total. The van der Waals surface area contributed by atoms with Gasteiger partial charge in [0.25, 0.3) is 0 Å². The normalized spacial score (nSPS) is 12.2. The Morgan fingerprint density at radius 2 is 2.11 bits per heavy atom. The third-order valence-electron chi connectivity index (χ3n) is 2.63. The van der Waals surface area contributed by atoms with Gasteiger partial charge in [-0.1, -0.05) is 42.3 Å². The second-order valence-corrected chi connectivity index (χ2v) is 6.65. The summed E-state index contributed by atoms with van der Waals surface area (Å²) in [6.07, 6.45) is 0.890. The first-order valence-electron chi connectivity index (χ1n) is 6.09. The zero-order chi connectivity index (χ0) is 14.3. The molecule has 1 aromatic rings. The lowest BCUT2D eigenvalue weighted by Gasteiger charge is -2.07. The minimum atomic E-state index is -0.843. The van der Waals surface area contributed by atoms with Crippen molar-refractivity contribution in [3.8, 4) is 0 Å². The highest BCUT2D eigenvalue weighted by Crippen LogP contribution is 2.26. The molecule has 3 nitrogen and oxygen atoms in total. The van der Waals surface area contributed by atoms with E-state index in [0.29, 0.717) is 40.9 Å². The van der Waals surface area contributed by atoms with Gasteiger partial charge in [0, 0.05) is 35.3 Å². The zero-order valence-electron chi connectivity index (χ0n) is 10.7. The maximum Gasteiger partial charge on any atom is 0.220 e. The van der Waals surface area contributed by atoms with E-state index in [1.54, 1.807) is 6.07 Å². The van der Waals surface area contributed by atoms with Crippen LogP contribution in [0, 0.1) is 0 Å². The van der Waals surface area contributed by atoms with Gasteiger partial charge in [0.05, 0.1) is 10.0 Å². The molecule has 0 unspecified atom stereocenters. The molecule has 0 aliphatic heterocycles. The molecule has 19 heavy (non-hydrogen) atoms. The van der Waals surface area contributed by atoms with E-state index in [2.05, 4.69) is 5.32 Å². The van der Waals surface area contributed by atoms with Gasteiger partial charge in [-0.2, -0.15) is 0 Å². The smallest absolute Gasteiger partial charge is 0.220 e. The van der Waals surface area contributed by atoms with Crippen LogP contribution in [0.1, 0.15) is 18.9 Å². The van der Waals surface area contributed by atoms with E-state index in [4.69, 9.17) is 23.2 Å². The summed E-state index contributed by atoms with van der Waals surface area (Å²) in [6, 6.07) is 5.38. The molecule has 0 aromatic heterocycles. The van der Waals surface area contributed by atoms with E-state index in [0.717, 1.165) is 5.56 Å². The average molecular weight is 322 g/mol. The lowest BCUT2D eigenvalue weighted by molar-refractivity contribution is -0.120. The number of carbonyl (C=O) groups excluding carboxylic acids is 1. The Kier molecular flexibility index (Phi) is 7.42. The number of aryl methyl sites for hydroxylation is 1. The second kappa shape index (κ2) is 8.56. The minimum Gasteiger partial charge on any atom is -0.355 e. The van der Waals surface area contributed by atoms with Crippen molar-refractivity contribution in [3.63, 3.8) is 0 Å². The Labute approximate surface area is 126 Å². The number of nitrogens with one attached hydrogen (secondary N) is 1. The van der Waals surface area contributed by atoms with Crippen LogP contribution in [-0.2, 0) is 22.0 Å². The molecule has 0 saturated heterocycles. The fourth-order valence-electron chi connectivity index (χ4n) is 1.53. The number of rotatable bonds is 7. The summed E-state index contributed by atoms with van der Waals surface area (Å²) in [5, 5.41) is 3.75. The van der Waals surface area contributed by atoms with E-state index in [1.165, 1.54) is 0 Å². The van der Waals surface area contributed by atoms with E-state index < -0.39 is 10.8 Å². The van der Waals surface area contributed by atoms with Gasteiger partial charge in [0.1, 0.15) is 0 Å². The largest absolute Gasteiger partial charge is 0.355 e. The zero-order valence-corrected chi connectivity index (χ0v) is 13.1. The Hall–Kier alpha value is -0.580. The highest BCUT2D eigenvalue weighted by Gasteiger charge is 2.07. The summed E-state index contributed by atoms with van der Waals surface area (Å²) in [4.78, 5) is 11.6. The third kappa shape index (κ3) is 5.93. The molecule has 0 saturated carbocycles. The molecule has 106 valence electrons. The fraction of sp³-hybridized carbons (Fsp3) is 0.462. The topological polar surface area (TPSA) is 46.2 Å². The second-order valence-electron chi connectivity index (χ2n) is 4.00. The van der Waals surface area contributed by atoms with E-state index in [9.17, 15) is 9.00 Å². The van der Waals surface area contributed by atoms with Crippen LogP contribution in [0.25, 0.3) is 0 Å². The van der Waals surface area contributed by atoms with Crippen molar-refractivity contribution in [1.29, 1.82) is 0 Å². The number of benzene rings is 1. The van der Waals surface area contributed by atoms with E-state index in [-0.39, 0.29) is 5.91 Å². The lowest BCUT2D eigenvalue weighted by atomic mass is 10.1. The van der Waals surface area contributed by atoms with Crippen molar-refractivity contribution in [2.45, 2.75) is 19.8 Å². The number of hydrogen-bond donors (Lipinski definition) is 1. The molecule has 0 aliphatic rings. The van der Waals surface area contributed by atoms with Crippen molar-refractivity contribution in [2.75, 3.05) is 18.1 Å². The Morgan fingerprint density at radius 3 is 2.79 bits per heavy atom. The molecule has 0 aliphatic carbocycles. The summed E-state index contributed by atoms with van der Waals surface area (Å²) in [6.45, 7) is 2.31. The molecule has 1 rings (SSSR count). The third-order valence-corrected chi connectivity index (χ3v) is 4.79. The SMILES string of the molecule is CC[S@@](=O)CCNC(=O)CCc1cccc(Cl)c1Cl. The molecule has 0 radical (unpaired) electrons. The summed E-state index contributed by atoms with van der Waals surface area (Å²) >= 11 is 11.9. The highest BCUT2D eigenvalue weighted by atomic mass is 35.5. The summed E-state index contributed by atoms with van der Waals surface area (Å²) in [7, 11) is -0.843. The summed E-state index contributed by atoms with van der Waals surface area (Å²) in [5.41, 5.74) is 0.862. The maximum atomic E-state index is 11.6. The molecule has 0 fully saturated rings. The monoisotopic (exact) mass is 321 g/mol. The quantitative estimate of drug-likeness (QED) is 0.839. The predicted molar refractivity (Wildman–Crippen MR) is 81.3 cm³/mol. The number of halogens is 2. The van der Waals surface area contributed by atoms with Crippen LogP contribution in [0.5, 0.6) is 0 Å². The first-order chi connectivity index (χ1) is 9.04. The van der Waals surface area contributed by atoms with E-state index in [1.807, 2.05) is 19.1 Å². The standard InChI is InChI=1S/C13H17Cl2NO2S/c1-2-19(18)9-8-16-12(17)7-6-10-4-3-5-11(14)13(10)15/h3-5H,2,6-9H2,1H3,(H,16,17)/t19-/m1/s1. The van der Waals surface area contributed by atoms with Crippen molar-refractivity contribution >= 4 is 39.9 Å². The fourth-order valence-corrected chi connectivity index (χ4v) is 2.56. The van der Waals surface area contributed by atoms with Crippen molar-refractivity contribution in [2.24, 2.45) is 0 Å². The molecule has 0 spiro atoms. The van der Waals surface area contributed by atoms with Gasteiger partial charge in [-0.05, 0) is 18.1 Å². The Bertz CT molecular complexity index is 466. The minimum absolute atomic E-state index is 0.0656. The van der Waals surface area contributed by atoms with Gasteiger partial charge in [-0.15, -0.1) is 0 Å². The Morgan fingerprint density at radius 1 is 1.37 bits per heavy atom. The number of hydrogen-bond acceptors (Lipinski definition) is 2. The van der Waals surface area contributed by atoms with Crippen LogP contribution in [0.15, 0.2) is 18.2 Å². The van der Waals surface area contributed by atoms with Gasteiger partial charge < -0.3 is 5.32 Å². The summed E-state index contributed by atoms with van der Waals surface area (Å²) < 4.78 is 11.2. The van der Waals surface area contributed by atoms with Crippen LogP contribution in [-0.4, -0.2) is 28.2 Å².